The molecule has 2 aliphatic rings. The Balaban J connectivity index is 0.000000180. The second-order valence-electron chi connectivity index (χ2n) is 19.3. The number of nitrogens with zero attached hydrogens (tertiary/aromatic N) is 5. The van der Waals surface area contributed by atoms with Crippen LogP contribution in [0.5, 0.6) is 0 Å². The minimum atomic E-state index is 1.08. The van der Waals surface area contributed by atoms with Crippen LogP contribution in [0, 0.1) is 0 Å². The monoisotopic (exact) mass is 955 g/mol. The van der Waals surface area contributed by atoms with E-state index in [1.54, 1.807) is 0 Å². The molecule has 0 radical (unpaired) electrons. The first-order valence-corrected chi connectivity index (χ1v) is 24.9. The Morgan fingerprint density at radius 2 is 0.658 bits per heavy atom. The minimum Gasteiger partial charge on any atom is -0.378 e. The molecule has 0 unspecified atom stereocenters. The van der Waals surface area contributed by atoms with E-state index >= 15 is 0 Å². The van der Waals surface area contributed by atoms with Crippen molar-refractivity contribution >= 4 is 67.8 Å². The maximum Gasteiger partial charge on any atom is 0.213 e. The molecule has 10 rings (SSSR count). The Hall–Kier alpha value is -8.74. The number of hydrogen-bond donors (Lipinski definition) is 1. The smallest absolute Gasteiger partial charge is 0.213 e. The van der Waals surface area contributed by atoms with Gasteiger partial charge in [0.1, 0.15) is 7.05 Å². The van der Waals surface area contributed by atoms with Crippen molar-refractivity contribution in [3.8, 4) is 0 Å². The van der Waals surface area contributed by atoms with Crippen LogP contribution in [-0.4, -0.2) is 79.4 Å². The largest absolute Gasteiger partial charge is 0.378 e. The fourth-order valence-corrected chi connectivity index (χ4v) is 9.55. The molecule has 0 atom stereocenters. The van der Waals surface area contributed by atoms with Crippen molar-refractivity contribution in [1.29, 1.82) is 0 Å². The number of hydrogen-bond acceptors (Lipinski definition) is 4. The van der Waals surface area contributed by atoms with E-state index in [9.17, 15) is 0 Å². The lowest BCUT2D eigenvalue weighted by Crippen LogP contribution is -2.66. The highest BCUT2D eigenvalue weighted by molar-refractivity contribution is 6.18. The van der Waals surface area contributed by atoms with Gasteiger partial charge in [-0.3, -0.25) is 0 Å². The Kier molecular flexibility index (Phi) is 14.9. The second-order valence-corrected chi connectivity index (χ2v) is 19.3. The van der Waals surface area contributed by atoms with Crippen molar-refractivity contribution in [2.75, 3.05) is 83.0 Å². The molecule has 0 amide bonds. The standard InChI is InChI=1S/C34H34N3.C33H31N3/c1-35(2)27-19-15-25(16-20-27)34(26-17-21-28(22-18-26)36(3)4)32-23-24-33(31-14-10-9-13-30(31)32)37(5)29-11-7-6-8-12-29;1-35(2)27-18-14-24(15-19-27)33(25-16-20-28(21-17-25)36(3)4)31-22-23-32(30-13-9-8-12-29(30)31)34-26-10-6-5-7-11-26/h6-24H,1-5H3;5-23H,1-4H3/q+1;/p+1. The van der Waals surface area contributed by atoms with Gasteiger partial charge in [-0.05, 0) is 128 Å². The summed E-state index contributed by atoms with van der Waals surface area (Å²) in [5.41, 5.74) is 23.9. The Labute approximate surface area is 433 Å². The van der Waals surface area contributed by atoms with E-state index in [-0.39, 0.29) is 0 Å². The Morgan fingerprint density at radius 3 is 1.05 bits per heavy atom. The van der Waals surface area contributed by atoms with Crippen molar-refractivity contribution in [2.24, 2.45) is 0 Å². The summed E-state index contributed by atoms with van der Waals surface area (Å²) in [7, 11) is 18.8. The second kappa shape index (κ2) is 22.1. The van der Waals surface area contributed by atoms with Crippen LogP contribution < -0.4 is 24.6 Å². The van der Waals surface area contributed by atoms with Gasteiger partial charge < -0.3 is 19.6 Å². The zero-order chi connectivity index (χ0) is 51.0. The average molecular weight is 955 g/mol. The summed E-state index contributed by atoms with van der Waals surface area (Å²) in [5, 5.41) is 0. The summed E-state index contributed by atoms with van der Waals surface area (Å²) >= 11 is 0. The fourth-order valence-electron chi connectivity index (χ4n) is 9.55. The molecule has 0 bridgehead atoms. The molecule has 0 aromatic heterocycles. The fraction of sp³-hybridized carbons (Fsp3) is 0.134. The van der Waals surface area contributed by atoms with E-state index < -0.39 is 0 Å². The summed E-state index contributed by atoms with van der Waals surface area (Å²) in [5.74, 6) is 0. The van der Waals surface area contributed by atoms with Gasteiger partial charge in [-0.15, -0.1) is 0 Å². The van der Waals surface area contributed by atoms with Crippen LogP contribution in [0.4, 0.5) is 34.1 Å². The van der Waals surface area contributed by atoms with Gasteiger partial charge in [-0.25, -0.2) is 4.99 Å². The zero-order valence-electron chi connectivity index (χ0n) is 43.7. The first-order chi connectivity index (χ1) is 35.4. The molecule has 8 aromatic rings. The number of rotatable bonds is 10. The van der Waals surface area contributed by atoms with Crippen molar-refractivity contribution in [1.82, 2.24) is 0 Å². The van der Waals surface area contributed by atoms with Crippen LogP contribution >= 0.6 is 0 Å². The van der Waals surface area contributed by atoms with Gasteiger partial charge in [-0.2, -0.15) is 4.58 Å². The van der Waals surface area contributed by atoms with E-state index in [1.165, 1.54) is 101 Å². The first kappa shape index (κ1) is 49.2. The van der Waals surface area contributed by atoms with Crippen LogP contribution in [-0.2, 0) is 0 Å². The maximum atomic E-state index is 3.61. The molecule has 6 heteroatoms. The molecule has 1 N–H and O–H groups in total. The van der Waals surface area contributed by atoms with Gasteiger partial charge >= 0.3 is 0 Å². The lowest BCUT2D eigenvalue weighted by Gasteiger charge is -2.21. The third-order valence-corrected chi connectivity index (χ3v) is 13.6. The molecule has 73 heavy (non-hydrogen) atoms. The average Bonchev–Trinajstić information content (AvgIpc) is 3.42. The number of anilines is 4. The highest BCUT2D eigenvalue weighted by Gasteiger charge is 2.26. The van der Waals surface area contributed by atoms with E-state index in [0.717, 1.165) is 11.4 Å². The van der Waals surface area contributed by atoms with Gasteiger partial charge in [0.05, 0.1) is 11.1 Å². The van der Waals surface area contributed by atoms with Crippen LogP contribution in [0.2, 0.25) is 0 Å². The van der Waals surface area contributed by atoms with Crippen molar-refractivity contribution in [3.63, 3.8) is 0 Å². The van der Waals surface area contributed by atoms with Crippen molar-refractivity contribution in [2.45, 2.75) is 0 Å². The number of para-hydroxylation sites is 2. The van der Waals surface area contributed by atoms with Gasteiger partial charge in [0.15, 0.2) is 0 Å². The summed E-state index contributed by atoms with van der Waals surface area (Å²) < 4.78 is 2.27. The molecule has 6 nitrogen and oxygen atoms in total. The Morgan fingerprint density at radius 1 is 0.329 bits per heavy atom. The van der Waals surface area contributed by atoms with E-state index in [0.29, 0.717) is 0 Å². The molecule has 362 valence electrons. The highest BCUT2D eigenvalue weighted by atomic mass is 15.1. The van der Waals surface area contributed by atoms with Crippen LogP contribution in [0.3, 0.4) is 0 Å². The van der Waals surface area contributed by atoms with Gasteiger partial charge in [-0.1, -0.05) is 121 Å². The third kappa shape index (κ3) is 10.9. The Bertz CT molecular complexity index is 3280. The molecular weight excluding hydrogens is 889 g/mol. The molecule has 0 heterocycles. The summed E-state index contributed by atoms with van der Waals surface area (Å²) in [6.45, 7) is 0. The third-order valence-electron chi connectivity index (χ3n) is 13.6. The van der Waals surface area contributed by atoms with Gasteiger partial charge in [0, 0.05) is 116 Å². The predicted molar refractivity (Wildman–Crippen MR) is 314 cm³/mol. The lowest BCUT2D eigenvalue weighted by molar-refractivity contribution is -0.403. The molecule has 0 aliphatic heterocycles. The molecular formula is C67H66N6+2. The van der Waals surface area contributed by atoms with E-state index in [2.05, 4.69) is 317 Å². The lowest BCUT2D eigenvalue weighted by atomic mass is 9.83. The molecule has 0 saturated heterocycles. The summed E-state index contributed by atoms with van der Waals surface area (Å²) in [4.78, 5) is 12.2. The topological polar surface area (TPSA) is 29.9 Å². The van der Waals surface area contributed by atoms with E-state index in [4.69, 9.17) is 0 Å². The zero-order valence-corrected chi connectivity index (χ0v) is 43.7. The van der Waals surface area contributed by atoms with Crippen molar-refractivity contribution < 1.29 is 9.57 Å². The highest BCUT2D eigenvalue weighted by Crippen LogP contribution is 2.40. The SMILES string of the molecule is CN(C)c1ccc(C(=C2C=CC(=[N+](C)c3ccccc3)c3ccccc32)c2ccc(N(C)C)cc2)cc1.CN(C)c1ccc(C(=C2C=CC(=[NH+]c3ccccc3)c3ccccc32)c2ccc(N(C)C)cc2)cc1. The quantitative estimate of drug-likeness (QED) is 0.138. The first-order valence-electron chi connectivity index (χ1n) is 24.9. The van der Waals surface area contributed by atoms with Crippen LogP contribution in [0.25, 0.3) is 22.3 Å². The van der Waals surface area contributed by atoms with Crippen molar-refractivity contribution in [3.05, 3.63) is 275 Å². The number of nitrogens with one attached hydrogen (secondary N) is 1. The normalized spacial score (nSPS) is 13.6. The van der Waals surface area contributed by atoms with Gasteiger partial charge in [0.2, 0.25) is 22.8 Å². The number of allylic oxidation sites excluding steroid dienone is 6. The molecule has 2 aliphatic carbocycles. The van der Waals surface area contributed by atoms with Crippen LogP contribution in [0.15, 0.2) is 231 Å². The molecule has 0 fully saturated rings. The summed E-state index contributed by atoms with van der Waals surface area (Å²) in [6, 6.07) is 73.7. The summed E-state index contributed by atoms with van der Waals surface area (Å²) in [6.07, 6.45) is 8.99. The number of fused-ring (bicyclic) bond motifs is 2. The van der Waals surface area contributed by atoms with Crippen LogP contribution in [0.1, 0.15) is 44.5 Å². The van der Waals surface area contributed by atoms with Gasteiger partial charge in [0.25, 0.3) is 0 Å². The molecule has 8 aromatic carbocycles. The number of benzene rings is 8. The molecule has 0 saturated carbocycles. The molecule has 0 spiro atoms. The maximum absolute atomic E-state index is 3.61. The minimum absolute atomic E-state index is 1.08. The predicted octanol–water partition coefficient (Wildman–Crippen LogP) is 12.7. The van der Waals surface area contributed by atoms with E-state index in [1.807, 2.05) is 6.07 Å².